The van der Waals surface area contributed by atoms with Crippen LogP contribution in [-0.2, 0) is 0 Å². The van der Waals surface area contributed by atoms with Crippen LogP contribution in [0.4, 0.5) is 0 Å². The van der Waals surface area contributed by atoms with Gasteiger partial charge in [0.1, 0.15) is 5.69 Å². The molecule has 1 aromatic rings. The lowest BCUT2D eigenvalue weighted by Gasteiger charge is -2.31. The minimum absolute atomic E-state index is 0. The summed E-state index contributed by atoms with van der Waals surface area (Å²) in [6.45, 7) is 0.630. The van der Waals surface area contributed by atoms with Crippen LogP contribution in [0.1, 0.15) is 36.2 Å². The SMILES string of the molecule is Cl.Cl.NCC1CCCCC1NC(=O)c1cnccn1. The Bertz CT molecular complexity index is 377. The first-order chi connectivity index (χ1) is 8.31. The lowest BCUT2D eigenvalue weighted by atomic mass is 9.84. The van der Waals surface area contributed by atoms with Gasteiger partial charge in [0, 0.05) is 18.4 Å². The van der Waals surface area contributed by atoms with Crippen LogP contribution in [0.2, 0.25) is 0 Å². The maximum atomic E-state index is 11.9. The maximum Gasteiger partial charge on any atom is 0.271 e. The number of nitrogens with one attached hydrogen (secondary N) is 1. The van der Waals surface area contributed by atoms with Gasteiger partial charge in [-0.25, -0.2) is 4.98 Å². The highest BCUT2D eigenvalue weighted by atomic mass is 35.5. The van der Waals surface area contributed by atoms with Gasteiger partial charge < -0.3 is 11.1 Å². The van der Waals surface area contributed by atoms with Crippen molar-refractivity contribution in [1.82, 2.24) is 15.3 Å². The van der Waals surface area contributed by atoms with Gasteiger partial charge in [0.25, 0.3) is 5.91 Å². The standard InChI is InChI=1S/C12H18N4O.2ClH/c13-7-9-3-1-2-4-10(9)16-12(17)11-8-14-5-6-15-11;;/h5-6,8-10H,1-4,7,13H2,(H,16,17);2*1H. The van der Waals surface area contributed by atoms with Gasteiger partial charge >= 0.3 is 0 Å². The highest BCUT2D eigenvalue weighted by Crippen LogP contribution is 2.23. The fourth-order valence-corrected chi connectivity index (χ4v) is 2.34. The molecule has 0 radical (unpaired) electrons. The molecule has 0 bridgehead atoms. The molecule has 1 aliphatic carbocycles. The van der Waals surface area contributed by atoms with E-state index in [-0.39, 0.29) is 36.8 Å². The second kappa shape index (κ2) is 9.07. The third-order valence-corrected chi connectivity index (χ3v) is 3.32. The number of hydrogen-bond donors (Lipinski definition) is 2. The summed E-state index contributed by atoms with van der Waals surface area (Å²) >= 11 is 0. The van der Waals surface area contributed by atoms with E-state index in [1.54, 1.807) is 6.20 Å². The van der Waals surface area contributed by atoms with Gasteiger partial charge in [-0.15, -0.1) is 24.8 Å². The first-order valence-electron chi connectivity index (χ1n) is 6.08. The zero-order valence-corrected chi connectivity index (χ0v) is 12.3. The van der Waals surface area contributed by atoms with E-state index in [2.05, 4.69) is 15.3 Å². The van der Waals surface area contributed by atoms with Crippen molar-refractivity contribution in [1.29, 1.82) is 0 Å². The van der Waals surface area contributed by atoms with E-state index in [1.807, 2.05) is 0 Å². The lowest BCUT2D eigenvalue weighted by molar-refractivity contribution is 0.0902. The number of hydrogen-bond acceptors (Lipinski definition) is 4. The molecule has 0 spiro atoms. The highest BCUT2D eigenvalue weighted by Gasteiger charge is 2.25. The van der Waals surface area contributed by atoms with Gasteiger partial charge in [-0.3, -0.25) is 9.78 Å². The van der Waals surface area contributed by atoms with Crippen LogP contribution in [0, 0.1) is 5.92 Å². The Morgan fingerprint density at radius 2 is 2.05 bits per heavy atom. The van der Waals surface area contributed by atoms with Crippen molar-refractivity contribution in [2.75, 3.05) is 6.54 Å². The fourth-order valence-electron chi connectivity index (χ4n) is 2.34. The van der Waals surface area contributed by atoms with E-state index in [0.29, 0.717) is 18.2 Å². The van der Waals surface area contributed by atoms with E-state index >= 15 is 0 Å². The van der Waals surface area contributed by atoms with Crippen LogP contribution >= 0.6 is 24.8 Å². The Kier molecular flexibility index (Phi) is 8.63. The molecule has 1 amide bonds. The summed E-state index contributed by atoms with van der Waals surface area (Å²) in [5.74, 6) is 0.243. The monoisotopic (exact) mass is 306 g/mol. The minimum Gasteiger partial charge on any atom is -0.348 e. The molecular weight excluding hydrogens is 287 g/mol. The summed E-state index contributed by atoms with van der Waals surface area (Å²) in [5, 5.41) is 3.01. The summed E-state index contributed by atoms with van der Waals surface area (Å²) in [7, 11) is 0. The molecular formula is C12H20Cl2N4O. The van der Waals surface area contributed by atoms with Gasteiger partial charge in [-0.05, 0) is 25.3 Å². The second-order valence-corrected chi connectivity index (χ2v) is 4.45. The number of halogens is 2. The molecule has 2 unspecified atom stereocenters. The Morgan fingerprint density at radius 1 is 1.32 bits per heavy atom. The maximum absolute atomic E-state index is 11.9. The van der Waals surface area contributed by atoms with E-state index < -0.39 is 0 Å². The molecule has 0 saturated heterocycles. The van der Waals surface area contributed by atoms with E-state index in [4.69, 9.17) is 5.73 Å². The molecule has 0 aromatic carbocycles. The topological polar surface area (TPSA) is 80.9 Å². The van der Waals surface area contributed by atoms with Gasteiger partial charge in [-0.2, -0.15) is 0 Å². The normalized spacial score (nSPS) is 21.7. The average molecular weight is 307 g/mol. The first-order valence-corrected chi connectivity index (χ1v) is 6.08. The zero-order valence-electron chi connectivity index (χ0n) is 10.6. The summed E-state index contributed by atoms with van der Waals surface area (Å²) < 4.78 is 0. The van der Waals surface area contributed by atoms with Crippen LogP contribution in [0.5, 0.6) is 0 Å². The number of nitrogens with two attached hydrogens (primary N) is 1. The van der Waals surface area contributed by atoms with Crippen LogP contribution in [0.25, 0.3) is 0 Å². The number of nitrogens with zero attached hydrogens (tertiary/aromatic N) is 2. The largest absolute Gasteiger partial charge is 0.348 e. The number of rotatable bonds is 3. The quantitative estimate of drug-likeness (QED) is 0.888. The Morgan fingerprint density at radius 3 is 2.68 bits per heavy atom. The van der Waals surface area contributed by atoms with Crippen molar-refractivity contribution in [3.8, 4) is 0 Å². The third kappa shape index (κ3) is 4.93. The fraction of sp³-hybridized carbons (Fsp3) is 0.583. The van der Waals surface area contributed by atoms with Gasteiger partial charge in [0.2, 0.25) is 0 Å². The number of aromatic nitrogens is 2. The Hall–Kier alpha value is -0.910. The van der Waals surface area contributed by atoms with Gasteiger partial charge in [0.15, 0.2) is 0 Å². The Balaban J connectivity index is 0.00000162. The molecule has 0 aliphatic heterocycles. The lowest BCUT2D eigenvalue weighted by Crippen LogP contribution is -2.44. The number of amides is 1. The number of carbonyl (C=O) groups is 1. The van der Waals surface area contributed by atoms with E-state index in [9.17, 15) is 4.79 Å². The van der Waals surface area contributed by atoms with Crippen molar-refractivity contribution in [3.63, 3.8) is 0 Å². The van der Waals surface area contributed by atoms with Crippen LogP contribution < -0.4 is 11.1 Å². The molecule has 3 N–H and O–H groups in total. The number of carbonyl (C=O) groups excluding carboxylic acids is 1. The molecule has 1 heterocycles. The third-order valence-electron chi connectivity index (χ3n) is 3.32. The molecule has 1 fully saturated rings. The molecule has 7 heteroatoms. The van der Waals surface area contributed by atoms with Gasteiger partial charge in [0.05, 0.1) is 6.20 Å². The molecule has 19 heavy (non-hydrogen) atoms. The van der Waals surface area contributed by atoms with Crippen LogP contribution in [0.15, 0.2) is 18.6 Å². The molecule has 2 atom stereocenters. The summed E-state index contributed by atoms with van der Waals surface area (Å²) in [5.41, 5.74) is 6.10. The van der Waals surface area contributed by atoms with Crippen molar-refractivity contribution in [3.05, 3.63) is 24.3 Å². The van der Waals surface area contributed by atoms with E-state index in [0.717, 1.165) is 19.3 Å². The van der Waals surface area contributed by atoms with E-state index in [1.165, 1.54) is 18.8 Å². The average Bonchev–Trinajstić information content (AvgIpc) is 2.40. The van der Waals surface area contributed by atoms with Crippen molar-refractivity contribution >= 4 is 30.7 Å². The Labute approximate surface area is 125 Å². The smallest absolute Gasteiger partial charge is 0.271 e. The zero-order chi connectivity index (χ0) is 12.1. The van der Waals surface area contributed by atoms with Crippen LogP contribution in [-0.4, -0.2) is 28.5 Å². The first kappa shape index (κ1) is 18.1. The molecule has 1 aliphatic rings. The summed E-state index contributed by atoms with van der Waals surface area (Å²) in [6.07, 6.45) is 9.03. The van der Waals surface area contributed by atoms with Crippen molar-refractivity contribution in [2.24, 2.45) is 11.7 Å². The predicted molar refractivity (Wildman–Crippen MR) is 78.8 cm³/mol. The summed E-state index contributed by atoms with van der Waals surface area (Å²) in [4.78, 5) is 19.8. The molecule has 5 nitrogen and oxygen atoms in total. The molecule has 1 aromatic heterocycles. The van der Waals surface area contributed by atoms with Crippen LogP contribution in [0.3, 0.4) is 0 Å². The highest BCUT2D eigenvalue weighted by molar-refractivity contribution is 5.92. The predicted octanol–water partition coefficient (Wildman–Crippen LogP) is 1.57. The summed E-state index contributed by atoms with van der Waals surface area (Å²) in [6, 6.07) is 0.184. The van der Waals surface area contributed by atoms with Gasteiger partial charge in [-0.1, -0.05) is 12.8 Å². The minimum atomic E-state index is -0.150. The second-order valence-electron chi connectivity index (χ2n) is 4.45. The molecule has 108 valence electrons. The van der Waals surface area contributed by atoms with Crippen molar-refractivity contribution < 1.29 is 4.79 Å². The molecule has 1 saturated carbocycles. The molecule has 2 rings (SSSR count). The van der Waals surface area contributed by atoms with Crippen molar-refractivity contribution in [2.45, 2.75) is 31.7 Å².